The molecular weight excluding hydrogens is 268 g/mol. The molecule has 0 heterocycles. The maximum absolute atomic E-state index is 5.52. The Morgan fingerprint density at radius 2 is 1.75 bits per heavy atom. The molecule has 0 N–H and O–H groups in total. The number of ether oxygens (including phenoxy) is 2. The van der Waals surface area contributed by atoms with Crippen molar-refractivity contribution < 1.29 is 9.47 Å². The fourth-order valence-corrected chi connectivity index (χ4v) is 1.57. The molecule has 1 aromatic rings. The van der Waals surface area contributed by atoms with Gasteiger partial charge in [0.2, 0.25) is 0 Å². The van der Waals surface area contributed by atoms with Gasteiger partial charge >= 0.3 is 0 Å². The minimum atomic E-state index is 0.619. The highest BCUT2D eigenvalue weighted by molar-refractivity contribution is 9.10. The summed E-state index contributed by atoms with van der Waals surface area (Å²) < 4.78 is 12.0. The molecule has 0 aromatic heterocycles. The summed E-state index contributed by atoms with van der Waals surface area (Å²) in [6, 6.07) is 7.83. The standard InChI is InChI=1S/C13H19BrO2/c1-2-3-4-9-15-10-11-16-13-7-5-12(14)6-8-13/h5-8H,2-4,9-11H2,1H3. The summed E-state index contributed by atoms with van der Waals surface area (Å²) in [5, 5.41) is 0. The highest BCUT2D eigenvalue weighted by atomic mass is 79.9. The molecule has 90 valence electrons. The third-order valence-corrected chi connectivity index (χ3v) is 2.73. The van der Waals surface area contributed by atoms with Crippen LogP contribution in [0, 0.1) is 0 Å². The molecule has 0 aliphatic carbocycles. The van der Waals surface area contributed by atoms with Gasteiger partial charge in [0, 0.05) is 11.1 Å². The molecule has 1 aromatic carbocycles. The maximum atomic E-state index is 5.52. The predicted octanol–water partition coefficient (Wildman–Crippen LogP) is 4.03. The lowest BCUT2D eigenvalue weighted by atomic mass is 10.3. The lowest BCUT2D eigenvalue weighted by molar-refractivity contribution is 0.0973. The molecule has 0 atom stereocenters. The van der Waals surface area contributed by atoms with Crippen LogP contribution in [-0.2, 0) is 4.74 Å². The van der Waals surface area contributed by atoms with E-state index in [0.29, 0.717) is 13.2 Å². The molecule has 0 aliphatic rings. The molecule has 3 heteroatoms. The van der Waals surface area contributed by atoms with Crippen molar-refractivity contribution >= 4 is 15.9 Å². The molecule has 0 radical (unpaired) electrons. The maximum Gasteiger partial charge on any atom is 0.119 e. The first-order valence-corrected chi connectivity index (χ1v) is 6.58. The van der Waals surface area contributed by atoms with Gasteiger partial charge in [-0.05, 0) is 30.7 Å². The highest BCUT2D eigenvalue weighted by Gasteiger charge is 1.93. The molecule has 2 nitrogen and oxygen atoms in total. The Labute approximate surface area is 106 Å². The third kappa shape index (κ3) is 6.13. The van der Waals surface area contributed by atoms with Crippen LogP contribution >= 0.6 is 15.9 Å². The molecule has 0 saturated heterocycles. The molecule has 0 bridgehead atoms. The van der Waals surface area contributed by atoms with Gasteiger partial charge in [0.15, 0.2) is 0 Å². The van der Waals surface area contributed by atoms with Gasteiger partial charge in [-0.3, -0.25) is 0 Å². The molecule has 0 aliphatic heterocycles. The van der Waals surface area contributed by atoms with Gasteiger partial charge in [0.25, 0.3) is 0 Å². The van der Waals surface area contributed by atoms with Crippen molar-refractivity contribution in [3.05, 3.63) is 28.7 Å². The van der Waals surface area contributed by atoms with Crippen LogP contribution in [0.15, 0.2) is 28.7 Å². The zero-order valence-corrected chi connectivity index (χ0v) is 11.3. The van der Waals surface area contributed by atoms with E-state index in [-0.39, 0.29) is 0 Å². The Hall–Kier alpha value is -0.540. The first kappa shape index (κ1) is 13.5. The lowest BCUT2D eigenvalue weighted by Crippen LogP contribution is -2.07. The number of hydrogen-bond acceptors (Lipinski definition) is 2. The first-order valence-electron chi connectivity index (χ1n) is 5.79. The van der Waals surface area contributed by atoms with E-state index in [1.54, 1.807) is 0 Å². The van der Waals surface area contributed by atoms with Crippen molar-refractivity contribution in [1.29, 1.82) is 0 Å². The first-order chi connectivity index (χ1) is 7.83. The van der Waals surface area contributed by atoms with E-state index in [2.05, 4.69) is 22.9 Å². The molecule has 0 fully saturated rings. The summed E-state index contributed by atoms with van der Waals surface area (Å²) in [6.07, 6.45) is 3.63. The quantitative estimate of drug-likeness (QED) is 0.672. The van der Waals surface area contributed by atoms with Crippen molar-refractivity contribution in [3.63, 3.8) is 0 Å². The Morgan fingerprint density at radius 1 is 1.00 bits per heavy atom. The molecule has 0 spiro atoms. The van der Waals surface area contributed by atoms with Gasteiger partial charge in [0.05, 0.1) is 6.61 Å². The summed E-state index contributed by atoms with van der Waals surface area (Å²) in [6.45, 7) is 4.32. The van der Waals surface area contributed by atoms with Crippen LogP contribution in [-0.4, -0.2) is 19.8 Å². The zero-order chi connectivity index (χ0) is 11.6. The number of rotatable bonds is 8. The Bertz CT molecular complexity index is 272. The molecule has 0 saturated carbocycles. The molecule has 0 unspecified atom stereocenters. The van der Waals surface area contributed by atoms with E-state index in [1.807, 2.05) is 24.3 Å². The fraction of sp³-hybridized carbons (Fsp3) is 0.538. The van der Waals surface area contributed by atoms with Gasteiger partial charge in [-0.1, -0.05) is 35.7 Å². The van der Waals surface area contributed by atoms with Gasteiger partial charge in [-0.15, -0.1) is 0 Å². The monoisotopic (exact) mass is 286 g/mol. The normalized spacial score (nSPS) is 10.4. The molecular formula is C13H19BrO2. The second-order valence-electron chi connectivity index (χ2n) is 3.62. The van der Waals surface area contributed by atoms with Crippen molar-refractivity contribution in [2.45, 2.75) is 26.2 Å². The average Bonchev–Trinajstić information content (AvgIpc) is 2.30. The van der Waals surface area contributed by atoms with Crippen LogP contribution in [0.1, 0.15) is 26.2 Å². The van der Waals surface area contributed by atoms with Crippen molar-refractivity contribution in [2.75, 3.05) is 19.8 Å². The van der Waals surface area contributed by atoms with E-state index in [1.165, 1.54) is 12.8 Å². The van der Waals surface area contributed by atoms with E-state index in [9.17, 15) is 0 Å². The average molecular weight is 287 g/mol. The number of halogens is 1. The van der Waals surface area contributed by atoms with Crippen LogP contribution in [0.3, 0.4) is 0 Å². The summed E-state index contributed by atoms with van der Waals surface area (Å²) >= 11 is 3.38. The SMILES string of the molecule is CCCCCOCCOc1ccc(Br)cc1. The van der Waals surface area contributed by atoms with Crippen molar-refractivity contribution in [2.24, 2.45) is 0 Å². The van der Waals surface area contributed by atoms with Gasteiger partial charge < -0.3 is 9.47 Å². The van der Waals surface area contributed by atoms with Crippen LogP contribution in [0.2, 0.25) is 0 Å². The molecule has 16 heavy (non-hydrogen) atoms. The van der Waals surface area contributed by atoms with E-state index in [4.69, 9.17) is 9.47 Å². The van der Waals surface area contributed by atoms with E-state index >= 15 is 0 Å². The van der Waals surface area contributed by atoms with Crippen LogP contribution < -0.4 is 4.74 Å². The minimum Gasteiger partial charge on any atom is -0.491 e. The zero-order valence-electron chi connectivity index (χ0n) is 9.75. The van der Waals surface area contributed by atoms with Crippen molar-refractivity contribution in [1.82, 2.24) is 0 Å². The Balaban J connectivity index is 2.01. The Morgan fingerprint density at radius 3 is 2.44 bits per heavy atom. The highest BCUT2D eigenvalue weighted by Crippen LogP contribution is 2.15. The van der Waals surface area contributed by atoms with Crippen LogP contribution in [0.25, 0.3) is 0 Å². The predicted molar refractivity (Wildman–Crippen MR) is 70.0 cm³/mol. The number of hydrogen-bond donors (Lipinski definition) is 0. The summed E-state index contributed by atoms with van der Waals surface area (Å²) in [5.74, 6) is 0.889. The molecule has 0 amide bonds. The van der Waals surface area contributed by atoms with E-state index in [0.717, 1.165) is 23.2 Å². The molecule has 1 rings (SSSR count). The van der Waals surface area contributed by atoms with Gasteiger partial charge in [0.1, 0.15) is 12.4 Å². The number of unbranched alkanes of at least 4 members (excludes halogenated alkanes) is 2. The van der Waals surface area contributed by atoms with Crippen molar-refractivity contribution in [3.8, 4) is 5.75 Å². The van der Waals surface area contributed by atoms with E-state index < -0.39 is 0 Å². The van der Waals surface area contributed by atoms with Gasteiger partial charge in [-0.25, -0.2) is 0 Å². The lowest BCUT2D eigenvalue weighted by Gasteiger charge is -2.06. The summed E-state index contributed by atoms with van der Waals surface area (Å²) in [4.78, 5) is 0. The smallest absolute Gasteiger partial charge is 0.119 e. The largest absolute Gasteiger partial charge is 0.491 e. The summed E-state index contributed by atoms with van der Waals surface area (Å²) in [5.41, 5.74) is 0. The second-order valence-corrected chi connectivity index (χ2v) is 4.54. The second kappa shape index (κ2) is 8.59. The fourth-order valence-electron chi connectivity index (χ4n) is 1.31. The van der Waals surface area contributed by atoms with Crippen LogP contribution in [0.4, 0.5) is 0 Å². The minimum absolute atomic E-state index is 0.619. The van der Waals surface area contributed by atoms with Gasteiger partial charge in [-0.2, -0.15) is 0 Å². The topological polar surface area (TPSA) is 18.5 Å². The number of benzene rings is 1. The third-order valence-electron chi connectivity index (χ3n) is 2.20. The van der Waals surface area contributed by atoms with Crippen LogP contribution in [0.5, 0.6) is 5.75 Å². The Kier molecular flexibility index (Phi) is 7.26. The summed E-state index contributed by atoms with van der Waals surface area (Å²) in [7, 11) is 0.